The molecule has 1 fully saturated rings. The number of anilines is 2. The van der Waals surface area contributed by atoms with Crippen molar-refractivity contribution in [1.82, 2.24) is 4.31 Å². The second-order valence-corrected chi connectivity index (χ2v) is 6.01. The largest absolute Gasteiger partial charge is 0.399 e. The molecule has 1 aliphatic heterocycles. The van der Waals surface area contributed by atoms with Crippen LogP contribution >= 0.6 is 0 Å². The predicted octanol–water partition coefficient (Wildman–Crippen LogP) is 1.55. The van der Waals surface area contributed by atoms with E-state index in [4.69, 9.17) is 5.73 Å². The molecule has 0 bridgehead atoms. The Morgan fingerprint density at radius 2 is 1.83 bits per heavy atom. The van der Waals surface area contributed by atoms with E-state index in [0.717, 1.165) is 31.4 Å². The maximum Gasteiger partial charge on any atom is 0.301 e. The lowest BCUT2D eigenvalue weighted by Crippen LogP contribution is -2.39. The van der Waals surface area contributed by atoms with Gasteiger partial charge in [-0.25, -0.2) is 4.39 Å². The van der Waals surface area contributed by atoms with Crippen molar-refractivity contribution in [2.75, 3.05) is 23.5 Å². The smallest absolute Gasteiger partial charge is 0.301 e. The van der Waals surface area contributed by atoms with Gasteiger partial charge in [-0.05, 0) is 31.0 Å². The fourth-order valence-electron chi connectivity index (χ4n) is 1.99. The lowest BCUT2D eigenvalue weighted by atomic mass is 10.2. The summed E-state index contributed by atoms with van der Waals surface area (Å²) in [6, 6.07) is 3.64. The van der Waals surface area contributed by atoms with Crippen molar-refractivity contribution in [3.05, 3.63) is 24.0 Å². The van der Waals surface area contributed by atoms with Crippen molar-refractivity contribution < 1.29 is 12.8 Å². The third-order valence-electron chi connectivity index (χ3n) is 2.82. The highest BCUT2D eigenvalue weighted by Crippen LogP contribution is 2.19. The first-order chi connectivity index (χ1) is 8.47. The molecule has 1 saturated heterocycles. The average molecular weight is 273 g/mol. The molecule has 0 aromatic heterocycles. The number of nitrogen functional groups attached to an aromatic ring is 1. The van der Waals surface area contributed by atoms with E-state index < -0.39 is 16.0 Å². The lowest BCUT2D eigenvalue weighted by molar-refractivity contribution is 0.349. The molecule has 0 unspecified atom stereocenters. The third kappa shape index (κ3) is 3.11. The SMILES string of the molecule is Nc1cc(F)cc(NS(=O)(=O)N2CCCCC2)c1. The Labute approximate surface area is 106 Å². The minimum absolute atomic E-state index is 0.151. The van der Waals surface area contributed by atoms with Crippen molar-refractivity contribution in [3.63, 3.8) is 0 Å². The van der Waals surface area contributed by atoms with Gasteiger partial charge >= 0.3 is 10.2 Å². The number of halogens is 1. The van der Waals surface area contributed by atoms with E-state index in [1.807, 2.05) is 0 Å². The molecule has 0 aliphatic carbocycles. The molecule has 1 aromatic rings. The van der Waals surface area contributed by atoms with Crippen LogP contribution in [0.15, 0.2) is 18.2 Å². The number of piperidine rings is 1. The third-order valence-corrected chi connectivity index (χ3v) is 4.36. The van der Waals surface area contributed by atoms with Crippen molar-refractivity contribution in [2.45, 2.75) is 19.3 Å². The van der Waals surface area contributed by atoms with Gasteiger partial charge in [-0.2, -0.15) is 12.7 Å². The van der Waals surface area contributed by atoms with Crippen molar-refractivity contribution in [2.24, 2.45) is 0 Å². The van der Waals surface area contributed by atoms with Gasteiger partial charge in [0, 0.05) is 18.8 Å². The standard InChI is InChI=1S/C11H16FN3O2S/c12-9-6-10(13)8-11(7-9)14-18(16,17)15-4-2-1-3-5-15/h6-8,14H,1-5,13H2. The monoisotopic (exact) mass is 273 g/mol. The fraction of sp³-hybridized carbons (Fsp3) is 0.455. The van der Waals surface area contributed by atoms with Crippen molar-refractivity contribution in [1.29, 1.82) is 0 Å². The van der Waals surface area contributed by atoms with Crippen molar-refractivity contribution >= 4 is 21.6 Å². The molecule has 0 amide bonds. The maximum atomic E-state index is 13.1. The van der Waals surface area contributed by atoms with E-state index in [1.165, 1.54) is 10.4 Å². The van der Waals surface area contributed by atoms with Crippen LogP contribution < -0.4 is 10.5 Å². The Hall–Kier alpha value is -1.34. The molecule has 100 valence electrons. The zero-order valence-electron chi connectivity index (χ0n) is 9.89. The Morgan fingerprint density at radius 1 is 1.17 bits per heavy atom. The van der Waals surface area contributed by atoms with Crippen molar-refractivity contribution in [3.8, 4) is 0 Å². The molecule has 3 N–H and O–H groups in total. The van der Waals surface area contributed by atoms with Gasteiger partial charge in [0.2, 0.25) is 0 Å². The number of benzene rings is 1. The first-order valence-electron chi connectivity index (χ1n) is 5.81. The topological polar surface area (TPSA) is 75.4 Å². The number of rotatable bonds is 3. The van der Waals surface area contributed by atoms with Crippen LogP contribution in [0, 0.1) is 5.82 Å². The summed E-state index contributed by atoms with van der Waals surface area (Å²) in [5.41, 5.74) is 5.81. The molecule has 0 saturated carbocycles. The van der Waals surface area contributed by atoms with Crippen LogP contribution in [-0.2, 0) is 10.2 Å². The van der Waals surface area contributed by atoms with Crippen LogP contribution in [-0.4, -0.2) is 25.8 Å². The molecule has 1 aliphatic rings. The maximum absolute atomic E-state index is 13.1. The van der Waals surface area contributed by atoms with Gasteiger partial charge in [0.25, 0.3) is 0 Å². The summed E-state index contributed by atoms with van der Waals surface area (Å²) in [7, 11) is -3.61. The average Bonchev–Trinajstić information content (AvgIpc) is 2.28. The van der Waals surface area contributed by atoms with Gasteiger partial charge in [0.1, 0.15) is 5.82 Å². The molecule has 0 radical (unpaired) electrons. The van der Waals surface area contributed by atoms with Crippen LogP contribution in [0.3, 0.4) is 0 Å². The van der Waals surface area contributed by atoms with Gasteiger partial charge in [-0.3, -0.25) is 4.72 Å². The number of nitrogens with one attached hydrogen (secondary N) is 1. The van der Waals surface area contributed by atoms with Gasteiger partial charge in [0.05, 0.1) is 5.69 Å². The molecular formula is C11H16FN3O2S. The molecular weight excluding hydrogens is 257 g/mol. The zero-order chi connectivity index (χ0) is 13.2. The van der Waals surface area contributed by atoms with Crippen LogP contribution in [0.2, 0.25) is 0 Å². The Morgan fingerprint density at radius 3 is 2.44 bits per heavy atom. The van der Waals surface area contributed by atoms with Gasteiger partial charge in [0.15, 0.2) is 0 Å². The van der Waals surface area contributed by atoms with Gasteiger partial charge in [-0.15, -0.1) is 0 Å². The highest BCUT2D eigenvalue weighted by molar-refractivity contribution is 7.90. The fourth-order valence-corrected chi connectivity index (χ4v) is 3.27. The summed E-state index contributed by atoms with van der Waals surface area (Å²) >= 11 is 0. The highest BCUT2D eigenvalue weighted by atomic mass is 32.2. The first kappa shape index (κ1) is 13.1. The summed E-state index contributed by atoms with van der Waals surface area (Å²) in [5.74, 6) is -0.564. The molecule has 0 spiro atoms. The second-order valence-electron chi connectivity index (χ2n) is 4.34. The summed E-state index contributed by atoms with van der Waals surface area (Å²) in [6.07, 6.45) is 2.75. The molecule has 0 atom stereocenters. The molecule has 1 aromatic carbocycles. The normalized spacial score (nSPS) is 17.6. The van der Waals surface area contributed by atoms with E-state index in [9.17, 15) is 12.8 Å². The van der Waals surface area contributed by atoms with Crippen LogP contribution in [0.5, 0.6) is 0 Å². The summed E-state index contributed by atoms with van der Waals surface area (Å²) in [5, 5.41) is 0. The van der Waals surface area contributed by atoms with E-state index in [1.54, 1.807) is 0 Å². The minimum atomic E-state index is -3.61. The number of nitrogens with zero attached hydrogens (tertiary/aromatic N) is 1. The van der Waals surface area contributed by atoms with E-state index in [0.29, 0.717) is 13.1 Å². The number of hydrogen-bond acceptors (Lipinski definition) is 3. The molecule has 2 rings (SSSR count). The van der Waals surface area contributed by atoms with Crippen LogP contribution in [0.4, 0.5) is 15.8 Å². The van der Waals surface area contributed by atoms with E-state index in [2.05, 4.69) is 4.72 Å². The van der Waals surface area contributed by atoms with Crippen LogP contribution in [0.1, 0.15) is 19.3 Å². The zero-order valence-corrected chi connectivity index (χ0v) is 10.7. The summed E-state index contributed by atoms with van der Waals surface area (Å²) in [6.45, 7) is 1.00. The Kier molecular flexibility index (Phi) is 3.72. The molecule has 18 heavy (non-hydrogen) atoms. The van der Waals surface area contributed by atoms with Gasteiger partial charge < -0.3 is 5.73 Å². The molecule has 7 heteroatoms. The Bertz CT molecular complexity index is 507. The van der Waals surface area contributed by atoms with Crippen LogP contribution in [0.25, 0.3) is 0 Å². The highest BCUT2D eigenvalue weighted by Gasteiger charge is 2.23. The summed E-state index contributed by atoms with van der Waals surface area (Å²) in [4.78, 5) is 0. The molecule has 1 heterocycles. The lowest BCUT2D eigenvalue weighted by Gasteiger charge is -2.26. The van der Waals surface area contributed by atoms with E-state index >= 15 is 0 Å². The summed E-state index contributed by atoms with van der Waals surface area (Å²) < 4.78 is 40.9. The first-order valence-corrected chi connectivity index (χ1v) is 7.25. The quantitative estimate of drug-likeness (QED) is 0.820. The second kappa shape index (κ2) is 5.11. The molecule has 5 nitrogen and oxygen atoms in total. The van der Waals surface area contributed by atoms with Gasteiger partial charge in [-0.1, -0.05) is 6.42 Å². The number of hydrogen-bond donors (Lipinski definition) is 2. The predicted molar refractivity (Wildman–Crippen MR) is 68.8 cm³/mol. The minimum Gasteiger partial charge on any atom is -0.399 e. The number of nitrogens with two attached hydrogens (primary N) is 1. The van der Waals surface area contributed by atoms with E-state index in [-0.39, 0.29) is 11.4 Å². The Balaban J connectivity index is 2.16.